The van der Waals surface area contributed by atoms with Crippen LogP contribution in [-0.4, -0.2) is 30.3 Å². The third-order valence-corrected chi connectivity index (χ3v) is 1.93. The van der Waals surface area contributed by atoms with E-state index in [2.05, 4.69) is 10.6 Å². The molecular weight excluding hydrogens is 144 g/mol. The molecule has 0 aromatic heterocycles. The van der Waals surface area contributed by atoms with Crippen LogP contribution in [0.3, 0.4) is 0 Å². The Bertz CT molecular complexity index is 132. The smallest absolute Gasteiger partial charge is 0.404 e. The maximum Gasteiger partial charge on any atom is 0.404 e. The summed E-state index contributed by atoms with van der Waals surface area (Å²) in [5.74, 6) is 0. The summed E-state index contributed by atoms with van der Waals surface area (Å²) in [5.41, 5.74) is 0. The van der Waals surface area contributed by atoms with Gasteiger partial charge in [0.2, 0.25) is 0 Å². The van der Waals surface area contributed by atoms with Crippen molar-refractivity contribution >= 4 is 6.09 Å². The van der Waals surface area contributed by atoms with E-state index in [9.17, 15) is 4.79 Å². The molecule has 4 nitrogen and oxygen atoms in total. The lowest BCUT2D eigenvalue weighted by Crippen LogP contribution is -2.29. The molecule has 64 valence electrons. The lowest BCUT2D eigenvalue weighted by atomic mass is 10.2. The van der Waals surface area contributed by atoms with E-state index < -0.39 is 6.09 Å². The molecule has 0 spiro atoms. The molecule has 1 saturated heterocycles. The molecule has 3 N–H and O–H groups in total. The molecule has 0 radical (unpaired) electrons. The fourth-order valence-corrected chi connectivity index (χ4v) is 1.36. The van der Waals surface area contributed by atoms with Crippen LogP contribution in [0.15, 0.2) is 0 Å². The molecule has 1 aliphatic rings. The van der Waals surface area contributed by atoms with Crippen LogP contribution in [0.2, 0.25) is 0 Å². The number of hydrogen-bond acceptors (Lipinski definition) is 2. The van der Waals surface area contributed by atoms with Crippen LogP contribution in [0.4, 0.5) is 4.79 Å². The van der Waals surface area contributed by atoms with Gasteiger partial charge in [-0.3, -0.25) is 0 Å². The van der Waals surface area contributed by atoms with Gasteiger partial charge in [0.15, 0.2) is 0 Å². The Morgan fingerprint density at radius 3 is 3.09 bits per heavy atom. The second kappa shape index (κ2) is 4.18. The van der Waals surface area contributed by atoms with Crippen LogP contribution < -0.4 is 10.6 Å². The second-order valence-electron chi connectivity index (χ2n) is 2.81. The molecule has 1 heterocycles. The van der Waals surface area contributed by atoms with Gasteiger partial charge in [0.1, 0.15) is 0 Å². The largest absolute Gasteiger partial charge is 0.465 e. The molecule has 0 bridgehead atoms. The number of amides is 1. The molecule has 0 unspecified atom stereocenters. The van der Waals surface area contributed by atoms with Crippen molar-refractivity contribution in [1.82, 2.24) is 10.6 Å². The minimum atomic E-state index is -0.928. The van der Waals surface area contributed by atoms with Gasteiger partial charge in [0, 0.05) is 12.6 Å². The Labute approximate surface area is 66.0 Å². The predicted octanol–water partition coefficient (Wildman–Crippen LogP) is 0.396. The second-order valence-corrected chi connectivity index (χ2v) is 2.81. The number of carboxylic acid groups (broad SMARTS) is 1. The van der Waals surface area contributed by atoms with Gasteiger partial charge in [0.05, 0.1) is 0 Å². The molecule has 1 rings (SSSR count). The summed E-state index contributed by atoms with van der Waals surface area (Å²) in [5, 5.41) is 13.9. The molecule has 0 aromatic carbocycles. The number of hydrogen-bond donors (Lipinski definition) is 3. The highest BCUT2D eigenvalue weighted by atomic mass is 16.4. The Morgan fingerprint density at radius 2 is 2.55 bits per heavy atom. The van der Waals surface area contributed by atoms with Crippen LogP contribution in [0.1, 0.15) is 19.3 Å². The highest BCUT2D eigenvalue weighted by Gasteiger charge is 2.12. The molecule has 1 aliphatic heterocycles. The van der Waals surface area contributed by atoms with E-state index >= 15 is 0 Å². The topological polar surface area (TPSA) is 61.4 Å². The van der Waals surface area contributed by atoms with E-state index in [-0.39, 0.29) is 0 Å². The van der Waals surface area contributed by atoms with Crippen molar-refractivity contribution in [2.24, 2.45) is 0 Å². The Hall–Kier alpha value is -0.770. The zero-order valence-corrected chi connectivity index (χ0v) is 6.47. The van der Waals surface area contributed by atoms with E-state index in [0.717, 1.165) is 13.0 Å². The minimum absolute atomic E-state index is 0.529. The Kier molecular flexibility index (Phi) is 3.16. The van der Waals surface area contributed by atoms with Gasteiger partial charge in [-0.25, -0.2) is 4.79 Å². The first-order valence-corrected chi connectivity index (χ1v) is 3.99. The average molecular weight is 158 g/mol. The van der Waals surface area contributed by atoms with Gasteiger partial charge in [0.25, 0.3) is 0 Å². The van der Waals surface area contributed by atoms with E-state index in [1.54, 1.807) is 0 Å². The van der Waals surface area contributed by atoms with Crippen LogP contribution in [0.5, 0.6) is 0 Å². The van der Waals surface area contributed by atoms with E-state index in [1.165, 1.54) is 12.8 Å². The molecule has 11 heavy (non-hydrogen) atoms. The number of nitrogens with one attached hydrogen (secondary N) is 2. The van der Waals surface area contributed by atoms with Gasteiger partial charge < -0.3 is 15.7 Å². The van der Waals surface area contributed by atoms with Crippen molar-refractivity contribution in [2.75, 3.05) is 13.1 Å². The standard InChI is InChI=1S/C7H14N2O2/c10-7(11)9-5-3-6-2-1-4-8-6/h6,8-9H,1-5H2,(H,10,11)/t6-/m0/s1. The van der Waals surface area contributed by atoms with Crippen LogP contribution in [0.25, 0.3) is 0 Å². The van der Waals surface area contributed by atoms with Crippen LogP contribution in [0, 0.1) is 0 Å². The summed E-state index contributed by atoms with van der Waals surface area (Å²) in [6.45, 7) is 1.64. The van der Waals surface area contributed by atoms with Gasteiger partial charge in [-0.15, -0.1) is 0 Å². The Morgan fingerprint density at radius 1 is 1.73 bits per heavy atom. The normalized spacial score (nSPS) is 23.5. The number of carbonyl (C=O) groups is 1. The first-order valence-electron chi connectivity index (χ1n) is 3.99. The third kappa shape index (κ3) is 3.23. The van der Waals surface area contributed by atoms with Crippen molar-refractivity contribution in [2.45, 2.75) is 25.3 Å². The van der Waals surface area contributed by atoms with Crippen molar-refractivity contribution in [3.05, 3.63) is 0 Å². The van der Waals surface area contributed by atoms with E-state index in [0.29, 0.717) is 12.6 Å². The molecule has 1 atom stereocenters. The van der Waals surface area contributed by atoms with Gasteiger partial charge in [-0.2, -0.15) is 0 Å². The number of rotatable bonds is 3. The maximum atomic E-state index is 10.0. The molecule has 0 aliphatic carbocycles. The van der Waals surface area contributed by atoms with Gasteiger partial charge in [-0.05, 0) is 25.8 Å². The fourth-order valence-electron chi connectivity index (χ4n) is 1.36. The van der Waals surface area contributed by atoms with Crippen molar-refractivity contribution in [1.29, 1.82) is 0 Å². The molecule has 0 aromatic rings. The van der Waals surface area contributed by atoms with Crippen LogP contribution in [-0.2, 0) is 0 Å². The maximum absolute atomic E-state index is 10.0. The first kappa shape index (κ1) is 8.33. The lowest BCUT2D eigenvalue weighted by molar-refractivity contribution is 0.194. The summed E-state index contributed by atoms with van der Waals surface area (Å²) in [6, 6.07) is 0.529. The quantitative estimate of drug-likeness (QED) is 0.557. The lowest BCUT2D eigenvalue weighted by Gasteiger charge is -2.08. The molecule has 1 fully saturated rings. The molecule has 0 saturated carbocycles. The van der Waals surface area contributed by atoms with Crippen molar-refractivity contribution in [3.8, 4) is 0 Å². The SMILES string of the molecule is O=C(O)NCC[C@@H]1CCCN1. The van der Waals surface area contributed by atoms with Crippen molar-refractivity contribution < 1.29 is 9.90 Å². The monoisotopic (exact) mass is 158 g/mol. The first-order chi connectivity index (χ1) is 5.29. The van der Waals surface area contributed by atoms with Gasteiger partial charge >= 0.3 is 6.09 Å². The summed E-state index contributed by atoms with van der Waals surface area (Å²) >= 11 is 0. The summed E-state index contributed by atoms with van der Waals surface area (Å²) in [4.78, 5) is 10.0. The van der Waals surface area contributed by atoms with Gasteiger partial charge in [-0.1, -0.05) is 0 Å². The summed E-state index contributed by atoms with van der Waals surface area (Å²) in [6.07, 6.45) is 2.38. The highest BCUT2D eigenvalue weighted by molar-refractivity contribution is 5.64. The summed E-state index contributed by atoms with van der Waals surface area (Å²) < 4.78 is 0. The Balaban J connectivity index is 1.98. The molecular formula is C7H14N2O2. The zero-order valence-electron chi connectivity index (χ0n) is 6.47. The minimum Gasteiger partial charge on any atom is -0.465 e. The zero-order chi connectivity index (χ0) is 8.10. The molecule has 1 amide bonds. The van der Waals surface area contributed by atoms with Crippen molar-refractivity contribution in [3.63, 3.8) is 0 Å². The predicted molar refractivity (Wildman–Crippen MR) is 41.7 cm³/mol. The average Bonchev–Trinajstić information content (AvgIpc) is 2.39. The third-order valence-electron chi connectivity index (χ3n) is 1.93. The highest BCUT2D eigenvalue weighted by Crippen LogP contribution is 2.07. The summed E-state index contributed by atoms with van der Waals surface area (Å²) in [7, 11) is 0. The van der Waals surface area contributed by atoms with E-state index in [1.807, 2.05) is 0 Å². The fraction of sp³-hybridized carbons (Fsp3) is 0.857. The van der Waals surface area contributed by atoms with E-state index in [4.69, 9.17) is 5.11 Å². The van der Waals surface area contributed by atoms with Crippen LogP contribution >= 0.6 is 0 Å². The molecule has 4 heteroatoms.